The predicted molar refractivity (Wildman–Crippen MR) is 86.4 cm³/mol. The van der Waals surface area contributed by atoms with Crippen LogP contribution in [0.15, 0.2) is 48.5 Å². The minimum Gasteiger partial charge on any atom is -0.497 e. The first-order valence-corrected chi connectivity index (χ1v) is 7.23. The average Bonchev–Trinajstić information content (AvgIpc) is 2.56. The Morgan fingerprint density at radius 3 is 2.24 bits per heavy atom. The number of hydrogen-bond donors (Lipinski definition) is 0. The van der Waals surface area contributed by atoms with E-state index < -0.39 is 0 Å². The van der Waals surface area contributed by atoms with Crippen LogP contribution >= 0.6 is 0 Å². The number of anilines is 1. The van der Waals surface area contributed by atoms with E-state index in [1.165, 1.54) is 0 Å². The van der Waals surface area contributed by atoms with Crippen molar-refractivity contribution in [2.45, 2.75) is 13.8 Å². The van der Waals surface area contributed by atoms with Crippen LogP contribution < -0.4 is 9.64 Å². The molecule has 0 amide bonds. The van der Waals surface area contributed by atoms with E-state index >= 15 is 0 Å². The molecule has 3 nitrogen and oxygen atoms in total. The van der Waals surface area contributed by atoms with Crippen LogP contribution in [0.4, 0.5) is 5.69 Å². The lowest BCUT2D eigenvalue weighted by atomic mass is 10.0. The fourth-order valence-corrected chi connectivity index (χ4v) is 2.34. The van der Waals surface area contributed by atoms with Gasteiger partial charge in [-0.15, -0.1) is 0 Å². The zero-order valence-corrected chi connectivity index (χ0v) is 12.8. The quantitative estimate of drug-likeness (QED) is 0.756. The topological polar surface area (TPSA) is 29.5 Å². The van der Waals surface area contributed by atoms with Gasteiger partial charge < -0.3 is 9.64 Å². The van der Waals surface area contributed by atoms with E-state index in [-0.39, 0.29) is 5.78 Å². The monoisotopic (exact) mass is 283 g/mol. The molecule has 0 fully saturated rings. The van der Waals surface area contributed by atoms with Crippen molar-refractivity contribution in [3.8, 4) is 5.75 Å². The number of rotatable bonds is 6. The molecule has 0 aliphatic rings. The highest BCUT2D eigenvalue weighted by Crippen LogP contribution is 2.19. The van der Waals surface area contributed by atoms with Crippen molar-refractivity contribution in [2.75, 3.05) is 25.1 Å². The van der Waals surface area contributed by atoms with Crippen molar-refractivity contribution >= 4 is 11.5 Å². The Hall–Kier alpha value is -2.29. The molecule has 0 spiro atoms. The second-order valence-corrected chi connectivity index (χ2v) is 4.78. The lowest BCUT2D eigenvalue weighted by Crippen LogP contribution is -2.21. The molecule has 0 aromatic heterocycles. The summed E-state index contributed by atoms with van der Waals surface area (Å²) in [4.78, 5) is 14.7. The Kier molecular flexibility index (Phi) is 4.99. The smallest absolute Gasteiger partial charge is 0.193 e. The summed E-state index contributed by atoms with van der Waals surface area (Å²) in [6, 6.07) is 15.0. The van der Waals surface area contributed by atoms with Gasteiger partial charge in [-0.3, -0.25) is 4.79 Å². The highest BCUT2D eigenvalue weighted by Gasteiger charge is 2.10. The standard InChI is InChI=1S/C18H21NO2/c1-4-19(5-2)16-11-9-14(10-12-16)18(20)15-7-6-8-17(13-15)21-3/h6-13H,4-5H2,1-3H3. The van der Waals surface area contributed by atoms with Gasteiger partial charge in [0.1, 0.15) is 5.75 Å². The van der Waals surface area contributed by atoms with E-state index in [1.807, 2.05) is 42.5 Å². The summed E-state index contributed by atoms with van der Waals surface area (Å²) >= 11 is 0. The SMILES string of the molecule is CCN(CC)c1ccc(C(=O)c2cccc(OC)c2)cc1. The predicted octanol–water partition coefficient (Wildman–Crippen LogP) is 3.77. The highest BCUT2D eigenvalue weighted by molar-refractivity contribution is 6.09. The van der Waals surface area contributed by atoms with Gasteiger partial charge >= 0.3 is 0 Å². The molecule has 0 bridgehead atoms. The van der Waals surface area contributed by atoms with E-state index in [0.29, 0.717) is 16.9 Å². The van der Waals surface area contributed by atoms with Crippen LogP contribution in [0.2, 0.25) is 0 Å². The minimum atomic E-state index is 0.0139. The summed E-state index contributed by atoms with van der Waals surface area (Å²) in [6.45, 7) is 6.16. The minimum absolute atomic E-state index is 0.0139. The molecule has 0 heterocycles. The summed E-state index contributed by atoms with van der Waals surface area (Å²) in [6.07, 6.45) is 0. The van der Waals surface area contributed by atoms with Crippen LogP contribution in [-0.4, -0.2) is 26.0 Å². The molecule has 2 rings (SSSR count). The van der Waals surface area contributed by atoms with Gasteiger partial charge in [-0.2, -0.15) is 0 Å². The molecule has 0 saturated heterocycles. The van der Waals surface area contributed by atoms with Crippen LogP contribution in [0, 0.1) is 0 Å². The van der Waals surface area contributed by atoms with Gasteiger partial charge in [0.15, 0.2) is 5.78 Å². The Balaban J connectivity index is 2.23. The Morgan fingerprint density at radius 2 is 1.67 bits per heavy atom. The van der Waals surface area contributed by atoms with Crippen molar-refractivity contribution in [2.24, 2.45) is 0 Å². The van der Waals surface area contributed by atoms with Crippen LogP contribution in [0.1, 0.15) is 29.8 Å². The van der Waals surface area contributed by atoms with E-state index in [9.17, 15) is 4.79 Å². The summed E-state index contributed by atoms with van der Waals surface area (Å²) in [5.41, 5.74) is 2.48. The molecule has 3 heteroatoms. The molecule has 2 aromatic rings. The zero-order chi connectivity index (χ0) is 15.2. The van der Waals surface area contributed by atoms with Gasteiger partial charge in [-0.25, -0.2) is 0 Å². The van der Waals surface area contributed by atoms with Crippen molar-refractivity contribution in [1.29, 1.82) is 0 Å². The van der Waals surface area contributed by atoms with E-state index in [0.717, 1.165) is 18.8 Å². The molecule has 0 radical (unpaired) electrons. The molecular weight excluding hydrogens is 262 g/mol. The first-order chi connectivity index (χ1) is 10.2. The van der Waals surface area contributed by atoms with Gasteiger partial charge in [0.2, 0.25) is 0 Å². The summed E-state index contributed by atoms with van der Waals surface area (Å²) in [5.74, 6) is 0.709. The molecule has 110 valence electrons. The number of hydrogen-bond acceptors (Lipinski definition) is 3. The Bertz CT molecular complexity index is 601. The highest BCUT2D eigenvalue weighted by atomic mass is 16.5. The van der Waals surface area contributed by atoms with E-state index in [4.69, 9.17) is 4.74 Å². The molecule has 0 saturated carbocycles. The normalized spacial score (nSPS) is 10.2. The number of carbonyl (C=O) groups is 1. The molecule has 0 atom stereocenters. The average molecular weight is 283 g/mol. The van der Waals surface area contributed by atoms with Crippen LogP contribution in [0.3, 0.4) is 0 Å². The van der Waals surface area contributed by atoms with Gasteiger partial charge in [-0.1, -0.05) is 12.1 Å². The maximum atomic E-state index is 12.5. The fraction of sp³-hybridized carbons (Fsp3) is 0.278. The van der Waals surface area contributed by atoms with E-state index in [1.54, 1.807) is 13.2 Å². The van der Waals surface area contributed by atoms with Gasteiger partial charge in [0.05, 0.1) is 7.11 Å². The number of nitrogens with zero attached hydrogens (tertiary/aromatic N) is 1. The molecule has 21 heavy (non-hydrogen) atoms. The number of ether oxygens (including phenoxy) is 1. The third kappa shape index (κ3) is 3.43. The largest absolute Gasteiger partial charge is 0.497 e. The Morgan fingerprint density at radius 1 is 1.00 bits per heavy atom. The number of ketones is 1. The first-order valence-electron chi connectivity index (χ1n) is 7.23. The number of carbonyl (C=O) groups excluding carboxylic acids is 1. The molecule has 0 N–H and O–H groups in total. The van der Waals surface area contributed by atoms with Crippen molar-refractivity contribution in [1.82, 2.24) is 0 Å². The molecule has 0 aliphatic heterocycles. The lowest BCUT2D eigenvalue weighted by molar-refractivity contribution is 0.103. The molecule has 0 aliphatic carbocycles. The van der Waals surface area contributed by atoms with Gasteiger partial charge in [-0.05, 0) is 50.2 Å². The number of methoxy groups -OCH3 is 1. The zero-order valence-electron chi connectivity index (χ0n) is 12.8. The van der Waals surface area contributed by atoms with Crippen LogP contribution in [0.5, 0.6) is 5.75 Å². The summed E-state index contributed by atoms with van der Waals surface area (Å²) in [7, 11) is 1.60. The molecule has 0 unspecified atom stereocenters. The van der Waals surface area contributed by atoms with Gasteiger partial charge in [0.25, 0.3) is 0 Å². The van der Waals surface area contributed by atoms with Crippen molar-refractivity contribution < 1.29 is 9.53 Å². The van der Waals surface area contributed by atoms with E-state index in [2.05, 4.69) is 18.7 Å². The third-order valence-electron chi connectivity index (χ3n) is 3.59. The fourth-order valence-electron chi connectivity index (χ4n) is 2.34. The summed E-state index contributed by atoms with van der Waals surface area (Å²) < 4.78 is 5.16. The van der Waals surface area contributed by atoms with Crippen LogP contribution in [-0.2, 0) is 0 Å². The van der Waals surface area contributed by atoms with Crippen molar-refractivity contribution in [3.05, 3.63) is 59.7 Å². The Labute approximate surface area is 126 Å². The number of benzene rings is 2. The molecular formula is C18H21NO2. The maximum absolute atomic E-state index is 12.5. The second-order valence-electron chi connectivity index (χ2n) is 4.78. The second kappa shape index (κ2) is 6.93. The third-order valence-corrected chi connectivity index (χ3v) is 3.59. The van der Waals surface area contributed by atoms with Gasteiger partial charge in [0, 0.05) is 29.9 Å². The first kappa shape index (κ1) is 15.1. The lowest BCUT2D eigenvalue weighted by Gasteiger charge is -2.21. The van der Waals surface area contributed by atoms with Crippen molar-refractivity contribution in [3.63, 3.8) is 0 Å². The van der Waals surface area contributed by atoms with Crippen LogP contribution in [0.25, 0.3) is 0 Å². The summed E-state index contributed by atoms with van der Waals surface area (Å²) in [5, 5.41) is 0. The maximum Gasteiger partial charge on any atom is 0.193 e. The molecule has 2 aromatic carbocycles.